The Balaban J connectivity index is 5.56. The summed E-state index contributed by atoms with van der Waals surface area (Å²) in [7, 11) is 0. The predicted octanol–water partition coefficient (Wildman–Crippen LogP) is -0.638. The predicted molar refractivity (Wildman–Crippen MR) is 139 cm³/mol. The highest BCUT2D eigenvalue weighted by Crippen LogP contribution is 2.10. The first kappa shape index (κ1) is 32.5. The summed E-state index contributed by atoms with van der Waals surface area (Å²) in [5, 5.41) is 17.4. The van der Waals surface area contributed by atoms with E-state index in [1.165, 1.54) is 0 Å². The maximum atomic E-state index is 13.1. The van der Waals surface area contributed by atoms with Crippen molar-refractivity contribution in [2.45, 2.75) is 77.5 Å². The van der Waals surface area contributed by atoms with Gasteiger partial charge in [-0.2, -0.15) is 11.8 Å². The number of carboxylic acids is 1. The summed E-state index contributed by atoms with van der Waals surface area (Å²) >= 11 is 1.56. The third-order valence-electron chi connectivity index (χ3n) is 5.57. The van der Waals surface area contributed by atoms with Gasteiger partial charge in [0.05, 0.1) is 6.04 Å². The van der Waals surface area contributed by atoms with E-state index in [9.17, 15) is 24.3 Å². The molecule has 35 heavy (non-hydrogen) atoms. The smallest absolute Gasteiger partial charge is 0.326 e. The van der Waals surface area contributed by atoms with Crippen LogP contribution >= 0.6 is 11.8 Å². The average Bonchev–Trinajstić information content (AvgIpc) is 2.79. The van der Waals surface area contributed by atoms with E-state index in [4.69, 9.17) is 17.2 Å². The number of nitrogens with two attached hydrogens (primary N) is 3. The Labute approximate surface area is 212 Å². The van der Waals surface area contributed by atoms with Gasteiger partial charge in [0.25, 0.3) is 0 Å². The van der Waals surface area contributed by atoms with Gasteiger partial charge in [-0.3, -0.25) is 19.4 Å². The molecule has 0 aromatic heterocycles. The number of aliphatic carboxylic acids is 1. The van der Waals surface area contributed by atoms with Crippen LogP contribution in [0.3, 0.4) is 0 Å². The molecule has 202 valence electrons. The molecular formula is C22H43N7O5S. The van der Waals surface area contributed by atoms with Crippen LogP contribution in [0.15, 0.2) is 4.99 Å². The van der Waals surface area contributed by atoms with Crippen LogP contribution < -0.4 is 33.2 Å². The number of amides is 3. The van der Waals surface area contributed by atoms with Gasteiger partial charge in [-0.05, 0) is 43.1 Å². The molecule has 0 saturated heterocycles. The van der Waals surface area contributed by atoms with Crippen molar-refractivity contribution >= 4 is 41.4 Å². The standard InChI is InChI=1S/C22H43N7O5S/c1-6-13(4)17(21(33)34)29-19(31)15(8-7-10-26-22(24)25)27-20(32)16(12(2)3)28-18(30)14(23)9-11-35-5/h12-17H,6-11,23H2,1-5H3,(H,27,32)(H,28,30)(H,29,31)(H,33,34)(H4,24,25,26). The first-order chi connectivity index (χ1) is 16.3. The van der Waals surface area contributed by atoms with Crippen molar-refractivity contribution in [1.82, 2.24) is 16.0 Å². The minimum absolute atomic E-state index is 0.0989. The molecule has 5 atom stereocenters. The van der Waals surface area contributed by atoms with E-state index in [-0.39, 0.29) is 30.8 Å². The number of thioether (sulfide) groups is 1. The van der Waals surface area contributed by atoms with Crippen LogP contribution in [-0.2, 0) is 19.2 Å². The van der Waals surface area contributed by atoms with E-state index in [0.717, 1.165) is 0 Å². The molecule has 0 aliphatic rings. The normalized spacial score (nSPS) is 15.3. The molecule has 0 bridgehead atoms. The Morgan fingerprint density at radius 2 is 1.54 bits per heavy atom. The number of carbonyl (C=O) groups is 4. The van der Waals surface area contributed by atoms with Crippen LogP contribution in [0.5, 0.6) is 0 Å². The Morgan fingerprint density at radius 3 is 2.03 bits per heavy atom. The summed E-state index contributed by atoms with van der Waals surface area (Å²) in [6.45, 7) is 7.28. The second-order valence-electron chi connectivity index (χ2n) is 8.84. The number of nitrogens with zero attached hydrogens (tertiary/aromatic N) is 1. The van der Waals surface area contributed by atoms with Crippen LogP contribution in [0.2, 0.25) is 0 Å². The Hall–Kier alpha value is -2.54. The van der Waals surface area contributed by atoms with Crippen LogP contribution in [-0.4, -0.2) is 77.5 Å². The van der Waals surface area contributed by atoms with Crippen molar-refractivity contribution < 1.29 is 24.3 Å². The molecule has 0 aromatic carbocycles. The first-order valence-electron chi connectivity index (χ1n) is 11.8. The van der Waals surface area contributed by atoms with Gasteiger partial charge in [-0.15, -0.1) is 0 Å². The second kappa shape index (κ2) is 17.0. The fraction of sp³-hybridized carbons (Fsp3) is 0.773. The van der Waals surface area contributed by atoms with Crippen LogP contribution in [0.4, 0.5) is 0 Å². The van der Waals surface area contributed by atoms with Gasteiger partial charge in [0.1, 0.15) is 18.1 Å². The quantitative estimate of drug-likeness (QED) is 0.0740. The number of carboxylic acid groups (broad SMARTS) is 1. The van der Waals surface area contributed by atoms with Crippen LogP contribution in [0.25, 0.3) is 0 Å². The fourth-order valence-electron chi connectivity index (χ4n) is 3.14. The minimum Gasteiger partial charge on any atom is -0.480 e. The van der Waals surface area contributed by atoms with E-state index in [1.807, 2.05) is 13.2 Å². The maximum Gasteiger partial charge on any atom is 0.326 e. The summed E-state index contributed by atoms with van der Waals surface area (Å²) in [4.78, 5) is 54.1. The number of hydrogen-bond acceptors (Lipinski definition) is 7. The van der Waals surface area contributed by atoms with Gasteiger partial charge < -0.3 is 38.3 Å². The van der Waals surface area contributed by atoms with Crippen molar-refractivity contribution in [3.05, 3.63) is 0 Å². The lowest BCUT2D eigenvalue weighted by atomic mass is 9.98. The zero-order valence-corrected chi connectivity index (χ0v) is 22.2. The summed E-state index contributed by atoms with van der Waals surface area (Å²) in [6.07, 6.45) is 3.42. The van der Waals surface area contributed by atoms with Crippen molar-refractivity contribution in [1.29, 1.82) is 0 Å². The molecular weight excluding hydrogens is 474 g/mol. The summed E-state index contributed by atoms with van der Waals surface area (Å²) < 4.78 is 0. The number of rotatable bonds is 17. The topological polar surface area (TPSA) is 215 Å². The lowest BCUT2D eigenvalue weighted by molar-refractivity contribution is -0.144. The molecule has 5 unspecified atom stereocenters. The van der Waals surface area contributed by atoms with Gasteiger partial charge in [-0.1, -0.05) is 34.1 Å². The SMILES string of the molecule is CCC(C)C(NC(=O)C(CCCN=C(N)N)NC(=O)C(NC(=O)C(N)CCSC)C(C)C)C(=O)O. The van der Waals surface area contributed by atoms with Gasteiger partial charge in [0.15, 0.2) is 5.96 Å². The van der Waals surface area contributed by atoms with Gasteiger partial charge in [0.2, 0.25) is 17.7 Å². The van der Waals surface area contributed by atoms with Crippen LogP contribution in [0, 0.1) is 11.8 Å². The largest absolute Gasteiger partial charge is 0.480 e. The van der Waals surface area contributed by atoms with Crippen LogP contribution in [0.1, 0.15) is 53.4 Å². The van der Waals surface area contributed by atoms with Gasteiger partial charge in [-0.25, -0.2) is 4.79 Å². The summed E-state index contributed by atoms with van der Waals surface area (Å²) in [6, 6.07) is -3.85. The molecule has 3 amide bonds. The van der Waals surface area contributed by atoms with E-state index in [2.05, 4.69) is 20.9 Å². The molecule has 13 heteroatoms. The lowest BCUT2D eigenvalue weighted by Crippen LogP contribution is -2.58. The molecule has 10 N–H and O–H groups in total. The monoisotopic (exact) mass is 517 g/mol. The summed E-state index contributed by atoms with van der Waals surface area (Å²) in [5.74, 6) is -2.83. The highest BCUT2D eigenvalue weighted by Gasteiger charge is 2.32. The van der Waals surface area contributed by atoms with Gasteiger partial charge >= 0.3 is 5.97 Å². The second-order valence-corrected chi connectivity index (χ2v) is 9.82. The highest BCUT2D eigenvalue weighted by molar-refractivity contribution is 7.98. The third-order valence-corrected chi connectivity index (χ3v) is 6.22. The Bertz CT molecular complexity index is 731. The first-order valence-corrected chi connectivity index (χ1v) is 13.2. The minimum atomic E-state index is -1.16. The average molecular weight is 518 g/mol. The zero-order chi connectivity index (χ0) is 27.1. The molecule has 0 heterocycles. The van der Waals surface area contributed by atoms with Crippen molar-refractivity contribution in [3.8, 4) is 0 Å². The van der Waals surface area contributed by atoms with Crippen molar-refractivity contribution in [2.75, 3.05) is 18.6 Å². The number of aliphatic imine (C=N–C) groups is 1. The lowest BCUT2D eigenvalue weighted by Gasteiger charge is -2.28. The van der Waals surface area contributed by atoms with E-state index >= 15 is 0 Å². The zero-order valence-electron chi connectivity index (χ0n) is 21.4. The molecule has 0 radical (unpaired) electrons. The third kappa shape index (κ3) is 12.6. The molecule has 0 aromatic rings. The number of guanidine groups is 1. The van der Waals surface area contributed by atoms with E-state index in [0.29, 0.717) is 25.0 Å². The number of nitrogens with one attached hydrogen (secondary N) is 3. The number of carbonyl (C=O) groups excluding carboxylic acids is 3. The van der Waals surface area contributed by atoms with E-state index in [1.54, 1.807) is 32.5 Å². The number of hydrogen-bond donors (Lipinski definition) is 7. The fourth-order valence-corrected chi connectivity index (χ4v) is 3.63. The molecule has 0 saturated carbocycles. The molecule has 0 aliphatic heterocycles. The maximum absolute atomic E-state index is 13.1. The highest BCUT2D eigenvalue weighted by atomic mass is 32.2. The molecule has 0 fully saturated rings. The Morgan fingerprint density at radius 1 is 0.943 bits per heavy atom. The molecule has 0 rings (SSSR count). The van der Waals surface area contributed by atoms with Crippen molar-refractivity contribution in [3.63, 3.8) is 0 Å². The molecule has 12 nitrogen and oxygen atoms in total. The molecule has 0 aliphatic carbocycles. The summed E-state index contributed by atoms with van der Waals surface area (Å²) in [5.41, 5.74) is 16.6. The molecule has 0 spiro atoms. The van der Waals surface area contributed by atoms with E-state index < -0.39 is 47.9 Å². The van der Waals surface area contributed by atoms with Gasteiger partial charge in [0, 0.05) is 6.54 Å². The Kier molecular flexibility index (Phi) is 15.7. The van der Waals surface area contributed by atoms with Crippen molar-refractivity contribution in [2.24, 2.45) is 34.0 Å².